The molecule has 0 aromatic heterocycles. The molecule has 0 saturated heterocycles. The van der Waals surface area contributed by atoms with Crippen LogP contribution in [0.15, 0.2) is 28.7 Å². The fraction of sp³-hybridized carbons (Fsp3) is 0.333. The third kappa shape index (κ3) is 3.24. The van der Waals surface area contributed by atoms with Crippen LogP contribution in [0.4, 0.5) is 0 Å². The standard InChI is InChI=1S/C9H11BrO2/c10-8-3-1-4-9(7-8)12-6-2-5-11/h1,3-4,7,11H,2,5-6H2. The molecule has 0 atom stereocenters. The van der Waals surface area contributed by atoms with Crippen molar-refractivity contribution in [2.45, 2.75) is 6.42 Å². The molecule has 2 nitrogen and oxygen atoms in total. The third-order valence-electron chi connectivity index (χ3n) is 1.37. The first-order chi connectivity index (χ1) is 5.83. The van der Waals surface area contributed by atoms with Crippen molar-refractivity contribution < 1.29 is 9.84 Å². The van der Waals surface area contributed by atoms with Crippen LogP contribution in [-0.2, 0) is 0 Å². The van der Waals surface area contributed by atoms with Gasteiger partial charge < -0.3 is 9.84 Å². The molecule has 0 aliphatic rings. The molecular weight excluding hydrogens is 220 g/mol. The number of rotatable bonds is 4. The second kappa shape index (κ2) is 5.17. The first-order valence-electron chi connectivity index (χ1n) is 3.82. The van der Waals surface area contributed by atoms with Crippen LogP contribution in [0.25, 0.3) is 0 Å². The zero-order valence-corrected chi connectivity index (χ0v) is 8.25. The summed E-state index contributed by atoms with van der Waals surface area (Å²) in [6, 6.07) is 7.65. The number of ether oxygens (including phenoxy) is 1. The van der Waals surface area contributed by atoms with E-state index in [0.29, 0.717) is 13.0 Å². The number of hydrogen-bond acceptors (Lipinski definition) is 2. The second-order valence-corrected chi connectivity index (χ2v) is 3.30. The summed E-state index contributed by atoms with van der Waals surface area (Å²) >= 11 is 3.34. The van der Waals surface area contributed by atoms with E-state index in [1.807, 2.05) is 24.3 Å². The highest BCUT2D eigenvalue weighted by Gasteiger charge is 1.93. The first kappa shape index (κ1) is 9.55. The summed E-state index contributed by atoms with van der Waals surface area (Å²) in [6.07, 6.45) is 0.673. The molecule has 1 N–H and O–H groups in total. The van der Waals surface area contributed by atoms with E-state index in [1.54, 1.807) is 0 Å². The van der Waals surface area contributed by atoms with Crippen LogP contribution in [0, 0.1) is 0 Å². The molecule has 1 aromatic carbocycles. The highest BCUT2D eigenvalue weighted by atomic mass is 79.9. The van der Waals surface area contributed by atoms with Crippen molar-refractivity contribution in [2.24, 2.45) is 0 Å². The molecule has 66 valence electrons. The van der Waals surface area contributed by atoms with Crippen molar-refractivity contribution >= 4 is 15.9 Å². The van der Waals surface area contributed by atoms with E-state index < -0.39 is 0 Å². The minimum absolute atomic E-state index is 0.175. The molecule has 1 aromatic rings. The molecule has 0 unspecified atom stereocenters. The Bertz CT molecular complexity index is 238. The summed E-state index contributed by atoms with van der Waals surface area (Å²) in [5, 5.41) is 8.51. The normalized spacial score (nSPS) is 9.83. The van der Waals surface area contributed by atoms with Crippen LogP contribution >= 0.6 is 15.9 Å². The summed E-state index contributed by atoms with van der Waals surface area (Å²) in [7, 11) is 0. The summed E-state index contributed by atoms with van der Waals surface area (Å²) in [5.41, 5.74) is 0. The van der Waals surface area contributed by atoms with E-state index in [-0.39, 0.29) is 6.61 Å². The van der Waals surface area contributed by atoms with Crippen LogP contribution in [-0.4, -0.2) is 18.3 Å². The van der Waals surface area contributed by atoms with Gasteiger partial charge in [0.1, 0.15) is 5.75 Å². The molecule has 0 spiro atoms. The minimum atomic E-state index is 0.175. The summed E-state index contributed by atoms with van der Waals surface area (Å²) in [5.74, 6) is 0.831. The fourth-order valence-electron chi connectivity index (χ4n) is 0.811. The van der Waals surface area contributed by atoms with Gasteiger partial charge in [-0.25, -0.2) is 0 Å². The molecule has 3 heteroatoms. The largest absolute Gasteiger partial charge is 0.493 e. The van der Waals surface area contributed by atoms with Gasteiger partial charge in [-0.1, -0.05) is 22.0 Å². The maximum atomic E-state index is 8.51. The maximum absolute atomic E-state index is 8.51. The van der Waals surface area contributed by atoms with Gasteiger partial charge in [0.15, 0.2) is 0 Å². The van der Waals surface area contributed by atoms with Crippen molar-refractivity contribution in [2.75, 3.05) is 13.2 Å². The van der Waals surface area contributed by atoms with Gasteiger partial charge in [0, 0.05) is 17.5 Å². The van der Waals surface area contributed by atoms with E-state index in [9.17, 15) is 0 Å². The zero-order chi connectivity index (χ0) is 8.81. The van der Waals surface area contributed by atoms with Gasteiger partial charge in [-0.3, -0.25) is 0 Å². The molecule has 0 fully saturated rings. The van der Waals surface area contributed by atoms with Crippen molar-refractivity contribution in [3.8, 4) is 5.75 Å². The average molecular weight is 231 g/mol. The van der Waals surface area contributed by atoms with Crippen LogP contribution < -0.4 is 4.74 Å². The van der Waals surface area contributed by atoms with Crippen LogP contribution in [0.5, 0.6) is 5.75 Å². The van der Waals surface area contributed by atoms with Crippen molar-refractivity contribution in [3.63, 3.8) is 0 Å². The molecule has 0 aliphatic heterocycles. The molecule has 12 heavy (non-hydrogen) atoms. The number of aliphatic hydroxyl groups is 1. The lowest BCUT2D eigenvalue weighted by molar-refractivity contribution is 0.233. The molecule has 0 amide bonds. The Hall–Kier alpha value is -0.540. The Morgan fingerprint density at radius 2 is 2.25 bits per heavy atom. The number of aliphatic hydroxyl groups excluding tert-OH is 1. The molecule has 0 aliphatic carbocycles. The predicted octanol–water partition coefficient (Wildman–Crippen LogP) is 2.21. The van der Waals surface area contributed by atoms with Crippen molar-refractivity contribution in [1.82, 2.24) is 0 Å². The van der Waals surface area contributed by atoms with Crippen LogP contribution in [0.1, 0.15) is 6.42 Å². The Kier molecular flexibility index (Phi) is 4.11. The third-order valence-corrected chi connectivity index (χ3v) is 1.86. The zero-order valence-electron chi connectivity index (χ0n) is 6.66. The summed E-state index contributed by atoms with van der Waals surface area (Å²) in [6.45, 7) is 0.737. The molecule has 0 heterocycles. The van der Waals surface area contributed by atoms with E-state index in [2.05, 4.69) is 15.9 Å². The Labute approximate surface area is 80.3 Å². The van der Waals surface area contributed by atoms with Gasteiger partial charge in [0.2, 0.25) is 0 Å². The van der Waals surface area contributed by atoms with E-state index in [1.165, 1.54) is 0 Å². The first-order valence-corrected chi connectivity index (χ1v) is 4.61. The number of halogens is 1. The minimum Gasteiger partial charge on any atom is -0.493 e. The second-order valence-electron chi connectivity index (χ2n) is 2.38. The molecule has 0 radical (unpaired) electrons. The Morgan fingerprint density at radius 1 is 1.42 bits per heavy atom. The SMILES string of the molecule is OCCCOc1cccc(Br)c1. The summed E-state index contributed by atoms with van der Waals surface area (Å²) in [4.78, 5) is 0. The highest BCUT2D eigenvalue weighted by Crippen LogP contribution is 2.17. The fourth-order valence-corrected chi connectivity index (χ4v) is 1.19. The van der Waals surface area contributed by atoms with E-state index >= 15 is 0 Å². The lowest BCUT2D eigenvalue weighted by Gasteiger charge is -2.04. The van der Waals surface area contributed by atoms with Crippen molar-refractivity contribution in [1.29, 1.82) is 0 Å². The van der Waals surface area contributed by atoms with Gasteiger partial charge in [0.25, 0.3) is 0 Å². The van der Waals surface area contributed by atoms with Gasteiger partial charge >= 0.3 is 0 Å². The molecule has 0 bridgehead atoms. The Morgan fingerprint density at radius 3 is 2.92 bits per heavy atom. The molecule has 1 rings (SSSR count). The molecular formula is C9H11BrO2. The van der Waals surface area contributed by atoms with Crippen LogP contribution in [0.2, 0.25) is 0 Å². The van der Waals surface area contributed by atoms with Gasteiger partial charge in [-0.15, -0.1) is 0 Å². The van der Waals surface area contributed by atoms with Gasteiger partial charge in [0.05, 0.1) is 6.61 Å². The lowest BCUT2D eigenvalue weighted by Crippen LogP contribution is -1.99. The highest BCUT2D eigenvalue weighted by molar-refractivity contribution is 9.10. The monoisotopic (exact) mass is 230 g/mol. The quantitative estimate of drug-likeness (QED) is 0.805. The topological polar surface area (TPSA) is 29.5 Å². The maximum Gasteiger partial charge on any atom is 0.120 e. The smallest absolute Gasteiger partial charge is 0.120 e. The number of benzene rings is 1. The average Bonchev–Trinajstić information content (AvgIpc) is 2.05. The van der Waals surface area contributed by atoms with Crippen LogP contribution in [0.3, 0.4) is 0 Å². The lowest BCUT2D eigenvalue weighted by atomic mass is 10.3. The van der Waals surface area contributed by atoms with Gasteiger partial charge in [-0.05, 0) is 18.2 Å². The Balaban J connectivity index is 2.41. The number of hydrogen-bond donors (Lipinski definition) is 1. The van der Waals surface area contributed by atoms with E-state index in [4.69, 9.17) is 9.84 Å². The van der Waals surface area contributed by atoms with Crippen molar-refractivity contribution in [3.05, 3.63) is 28.7 Å². The molecule has 0 saturated carbocycles. The predicted molar refractivity (Wildman–Crippen MR) is 51.3 cm³/mol. The summed E-state index contributed by atoms with van der Waals surface area (Å²) < 4.78 is 6.34. The van der Waals surface area contributed by atoms with E-state index in [0.717, 1.165) is 10.2 Å². The van der Waals surface area contributed by atoms with Gasteiger partial charge in [-0.2, -0.15) is 0 Å².